The Hall–Kier alpha value is -2.19. The van der Waals surface area contributed by atoms with Crippen LogP contribution >= 0.6 is 0 Å². The summed E-state index contributed by atoms with van der Waals surface area (Å²) in [5.41, 5.74) is 1.82. The van der Waals surface area contributed by atoms with E-state index in [1.54, 1.807) is 10.9 Å². The maximum Gasteiger partial charge on any atom is 0.238 e. The predicted octanol–water partition coefficient (Wildman–Crippen LogP) is 2.08. The molecule has 1 amide bonds. The number of nitrogens with zero attached hydrogens (tertiary/aromatic N) is 3. The largest absolute Gasteiger partial charge is 0.351 e. The molecule has 1 saturated heterocycles. The van der Waals surface area contributed by atoms with Crippen molar-refractivity contribution in [2.45, 2.75) is 45.2 Å². The van der Waals surface area contributed by atoms with Gasteiger partial charge in [-0.2, -0.15) is 9.40 Å². The van der Waals surface area contributed by atoms with Gasteiger partial charge in [-0.25, -0.2) is 13.1 Å². The molecule has 27 heavy (non-hydrogen) atoms. The number of carbonyl (C=O) groups is 1. The molecule has 1 aliphatic heterocycles. The topological polar surface area (TPSA) is 84.3 Å². The minimum atomic E-state index is -3.40. The quantitative estimate of drug-likeness (QED) is 0.784. The van der Waals surface area contributed by atoms with Gasteiger partial charge in [-0.05, 0) is 37.0 Å². The zero-order valence-corrected chi connectivity index (χ0v) is 16.4. The summed E-state index contributed by atoms with van der Waals surface area (Å²) in [5, 5.41) is 7.17. The number of aromatic nitrogens is 2. The molecule has 0 bridgehead atoms. The highest BCUT2D eigenvalue weighted by Gasteiger charge is 2.36. The van der Waals surface area contributed by atoms with Crippen LogP contribution < -0.4 is 5.32 Å². The highest BCUT2D eigenvalue weighted by Crippen LogP contribution is 2.22. The summed E-state index contributed by atoms with van der Waals surface area (Å²) >= 11 is 0. The summed E-state index contributed by atoms with van der Waals surface area (Å²) in [7, 11) is -3.40. The van der Waals surface area contributed by atoms with E-state index in [0.29, 0.717) is 25.9 Å². The van der Waals surface area contributed by atoms with Gasteiger partial charge in [-0.1, -0.05) is 31.5 Å². The molecule has 1 fully saturated rings. The third-order valence-corrected chi connectivity index (χ3v) is 6.85. The summed E-state index contributed by atoms with van der Waals surface area (Å²) in [4.78, 5) is 12.8. The third kappa shape index (κ3) is 4.56. The number of nitrogens with one attached hydrogen (secondary N) is 1. The second-order valence-electron chi connectivity index (χ2n) is 6.74. The first-order valence-corrected chi connectivity index (χ1v) is 11.0. The first kappa shape index (κ1) is 19.6. The Morgan fingerprint density at radius 2 is 2.07 bits per heavy atom. The standard InChI is InChI=1S/C19H26N4O3S/c1-2-14-27(25,26)23-13-6-5-10-18(23)19(24)20-15-16-8-3-4-9-17(16)22-12-7-11-21-22/h3-4,7-9,11-12,18H,2,5-6,10,13-15H2,1H3,(H,20,24). The lowest BCUT2D eigenvalue weighted by Gasteiger charge is -2.33. The van der Waals surface area contributed by atoms with Crippen LogP contribution in [0.4, 0.5) is 0 Å². The van der Waals surface area contributed by atoms with Gasteiger partial charge in [0.2, 0.25) is 15.9 Å². The lowest BCUT2D eigenvalue weighted by atomic mass is 10.0. The number of hydrogen-bond acceptors (Lipinski definition) is 4. The lowest BCUT2D eigenvalue weighted by Crippen LogP contribution is -2.52. The number of amides is 1. The molecule has 0 aliphatic carbocycles. The highest BCUT2D eigenvalue weighted by atomic mass is 32.2. The van der Waals surface area contributed by atoms with Crippen molar-refractivity contribution in [3.05, 3.63) is 48.3 Å². The Kier molecular flexibility index (Phi) is 6.28. The minimum absolute atomic E-state index is 0.0823. The second kappa shape index (κ2) is 8.67. The number of piperidine rings is 1. The van der Waals surface area contributed by atoms with E-state index >= 15 is 0 Å². The van der Waals surface area contributed by atoms with Gasteiger partial charge in [-0.3, -0.25) is 4.79 Å². The Labute approximate surface area is 160 Å². The Bertz CT molecular complexity index is 865. The van der Waals surface area contributed by atoms with Crippen molar-refractivity contribution in [1.29, 1.82) is 0 Å². The van der Waals surface area contributed by atoms with Crippen LogP contribution in [0.1, 0.15) is 38.2 Å². The predicted molar refractivity (Wildman–Crippen MR) is 104 cm³/mol. The lowest BCUT2D eigenvalue weighted by molar-refractivity contribution is -0.125. The molecule has 146 valence electrons. The fourth-order valence-electron chi connectivity index (χ4n) is 3.47. The third-order valence-electron chi connectivity index (χ3n) is 4.77. The van der Waals surface area contributed by atoms with Crippen LogP contribution in [-0.2, 0) is 21.4 Å². The van der Waals surface area contributed by atoms with Gasteiger partial charge in [0.1, 0.15) is 6.04 Å². The number of para-hydroxylation sites is 1. The molecular formula is C19H26N4O3S. The van der Waals surface area contributed by atoms with E-state index < -0.39 is 16.1 Å². The first-order valence-electron chi connectivity index (χ1n) is 9.38. The molecular weight excluding hydrogens is 364 g/mol. The second-order valence-corrected chi connectivity index (χ2v) is 8.78. The maximum atomic E-state index is 12.8. The first-order chi connectivity index (χ1) is 13.0. The summed E-state index contributed by atoms with van der Waals surface area (Å²) in [6.45, 7) is 2.58. The van der Waals surface area contributed by atoms with Gasteiger partial charge in [0.15, 0.2) is 0 Å². The molecule has 1 N–H and O–H groups in total. The molecule has 1 aliphatic rings. The number of carbonyl (C=O) groups excluding carboxylic acids is 1. The molecule has 0 spiro atoms. The van der Waals surface area contributed by atoms with Crippen LogP contribution in [0.3, 0.4) is 0 Å². The molecule has 0 saturated carbocycles. The van der Waals surface area contributed by atoms with E-state index in [4.69, 9.17) is 0 Å². The molecule has 2 aromatic rings. The Morgan fingerprint density at radius 1 is 1.26 bits per heavy atom. The van der Waals surface area contributed by atoms with Crippen LogP contribution in [0, 0.1) is 0 Å². The smallest absolute Gasteiger partial charge is 0.238 e. The van der Waals surface area contributed by atoms with E-state index in [1.807, 2.05) is 43.5 Å². The van der Waals surface area contributed by atoms with Crippen molar-refractivity contribution in [2.24, 2.45) is 0 Å². The fourth-order valence-corrected chi connectivity index (χ4v) is 5.22. The van der Waals surface area contributed by atoms with Gasteiger partial charge < -0.3 is 5.32 Å². The number of benzene rings is 1. The van der Waals surface area contributed by atoms with E-state index in [9.17, 15) is 13.2 Å². The Morgan fingerprint density at radius 3 is 2.81 bits per heavy atom. The molecule has 0 radical (unpaired) electrons. The molecule has 7 nitrogen and oxygen atoms in total. The van der Waals surface area contributed by atoms with E-state index in [0.717, 1.165) is 24.1 Å². The molecule has 3 rings (SSSR count). The number of rotatable bonds is 7. The van der Waals surface area contributed by atoms with Crippen LogP contribution in [0.2, 0.25) is 0 Å². The van der Waals surface area contributed by atoms with Crippen molar-refractivity contribution in [3.63, 3.8) is 0 Å². The zero-order valence-electron chi connectivity index (χ0n) is 15.5. The van der Waals surface area contributed by atoms with Gasteiger partial charge in [0, 0.05) is 25.5 Å². The van der Waals surface area contributed by atoms with Crippen molar-refractivity contribution in [1.82, 2.24) is 19.4 Å². The van der Waals surface area contributed by atoms with Crippen LogP contribution in [0.5, 0.6) is 0 Å². The number of sulfonamides is 1. The summed E-state index contributed by atoms with van der Waals surface area (Å²) in [6.07, 6.45) is 6.32. The molecule has 1 atom stereocenters. The molecule has 2 heterocycles. The van der Waals surface area contributed by atoms with E-state index in [1.165, 1.54) is 4.31 Å². The highest BCUT2D eigenvalue weighted by molar-refractivity contribution is 7.89. The normalized spacial score (nSPS) is 18.3. The van der Waals surface area contributed by atoms with Crippen LogP contribution in [0.25, 0.3) is 5.69 Å². The van der Waals surface area contributed by atoms with Gasteiger partial charge in [0.25, 0.3) is 0 Å². The average molecular weight is 391 g/mol. The maximum absolute atomic E-state index is 12.8. The average Bonchev–Trinajstić information content (AvgIpc) is 3.21. The molecule has 1 aromatic heterocycles. The van der Waals surface area contributed by atoms with Gasteiger partial charge >= 0.3 is 0 Å². The fraction of sp³-hybridized carbons (Fsp3) is 0.474. The van der Waals surface area contributed by atoms with E-state index in [-0.39, 0.29) is 11.7 Å². The van der Waals surface area contributed by atoms with Gasteiger partial charge in [-0.15, -0.1) is 0 Å². The van der Waals surface area contributed by atoms with Gasteiger partial charge in [0.05, 0.1) is 11.4 Å². The van der Waals surface area contributed by atoms with E-state index in [2.05, 4.69) is 10.4 Å². The van der Waals surface area contributed by atoms with Crippen LogP contribution in [-0.4, -0.2) is 46.8 Å². The zero-order chi connectivity index (χ0) is 19.3. The van der Waals surface area contributed by atoms with Crippen molar-refractivity contribution < 1.29 is 13.2 Å². The van der Waals surface area contributed by atoms with Crippen LogP contribution in [0.15, 0.2) is 42.7 Å². The summed E-state index contributed by atoms with van der Waals surface area (Å²) < 4.78 is 28.2. The molecule has 8 heteroatoms. The summed E-state index contributed by atoms with van der Waals surface area (Å²) in [5.74, 6) is -0.150. The minimum Gasteiger partial charge on any atom is -0.351 e. The molecule has 1 aromatic carbocycles. The SMILES string of the molecule is CCCS(=O)(=O)N1CCCCC1C(=O)NCc1ccccc1-n1cccn1. The summed E-state index contributed by atoms with van der Waals surface area (Å²) in [6, 6.07) is 8.92. The van der Waals surface area contributed by atoms with Crippen molar-refractivity contribution >= 4 is 15.9 Å². The van der Waals surface area contributed by atoms with Crippen molar-refractivity contribution in [3.8, 4) is 5.69 Å². The molecule has 1 unspecified atom stereocenters. The Balaban J connectivity index is 1.72. The monoisotopic (exact) mass is 390 g/mol. The van der Waals surface area contributed by atoms with Crippen molar-refractivity contribution in [2.75, 3.05) is 12.3 Å². The number of hydrogen-bond donors (Lipinski definition) is 1.